The zero-order chi connectivity index (χ0) is 13.4. The van der Waals surface area contributed by atoms with Crippen molar-refractivity contribution in [3.05, 3.63) is 51.5 Å². The predicted molar refractivity (Wildman–Crippen MR) is 80.6 cm³/mol. The molecular formula is C13H8Cl2N2OS. The van der Waals surface area contributed by atoms with Gasteiger partial charge in [0.15, 0.2) is 0 Å². The van der Waals surface area contributed by atoms with Crippen LogP contribution >= 0.6 is 34.5 Å². The molecule has 0 aliphatic heterocycles. The monoisotopic (exact) mass is 310 g/mol. The number of carbonyl (C=O) groups is 1. The van der Waals surface area contributed by atoms with E-state index in [-0.39, 0.29) is 5.91 Å². The molecule has 0 saturated carbocycles. The number of aromatic nitrogens is 1. The van der Waals surface area contributed by atoms with Crippen molar-refractivity contribution >= 4 is 56.3 Å². The lowest BCUT2D eigenvalue weighted by Crippen LogP contribution is -2.12. The Hall–Kier alpha value is -1.49. The van der Waals surface area contributed by atoms with Gasteiger partial charge in [0.05, 0.1) is 25.9 Å². The summed E-state index contributed by atoms with van der Waals surface area (Å²) >= 11 is 13.5. The molecule has 3 aromatic rings. The van der Waals surface area contributed by atoms with E-state index in [1.807, 2.05) is 17.5 Å². The molecule has 6 heteroatoms. The van der Waals surface area contributed by atoms with Crippen LogP contribution in [-0.4, -0.2) is 10.9 Å². The average molecular weight is 311 g/mol. The van der Waals surface area contributed by atoms with Crippen molar-refractivity contribution in [3.8, 4) is 0 Å². The molecule has 2 N–H and O–H groups in total. The quantitative estimate of drug-likeness (QED) is 0.702. The summed E-state index contributed by atoms with van der Waals surface area (Å²) in [7, 11) is 0. The molecule has 0 atom stereocenters. The maximum absolute atomic E-state index is 12.1. The molecule has 0 fully saturated rings. The smallest absolute Gasteiger partial charge is 0.272 e. The van der Waals surface area contributed by atoms with Crippen LogP contribution in [0.15, 0.2) is 35.7 Å². The highest BCUT2D eigenvalue weighted by molar-refractivity contribution is 7.17. The molecule has 0 unspecified atom stereocenters. The van der Waals surface area contributed by atoms with Crippen LogP contribution in [0.5, 0.6) is 0 Å². The summed E-state index contributed by atoms with van der Waals surface area (Å²) in [6, 6.07) is 8.86. The number of fused-ring (bicyclic) bond motifs is 1. The standard InChI is InChI=1S/C13H8Cl2N2OS/c14-7-2-1-3-9(12(7)15)17-13(18)10-6-11-8(16-10)4-5-19-11/h1-6,16H,(H,17,18). The van der Waals surface area contributed by atoms with E-state index in [2.05, 4.69) is 10.3 Å². The van der Waals surface area contributed by atoms with Crippen molar-refractivity contribution in [2.45, 2.75) is 0 Å². The Morgan fingerprint density at radius 3 is 2.89 bits per heavy atom. The van der Waals surface area contributed by atoms with E-state index in [1.54, 1.807) is 29.5 Å². The Morgan fingerprint density at radius 1 is 1.26 bits per heavy atom. The molecule has 0 radical (unpaired) electrons. The van der Waals surface area contributed by atoms with Crippen LogP contribution in [0.4, 0.5) is 5.69 Å². The number of aromatic amines is 1. The predicted octanol–water partition coefficient (Wildman–Crippen LogP) is 4.79. The first-order chi connectivity index (χ1) is 9.15. The van der Waals surface area contributed by atoms with Gasteiger partial charge in [0.25, 0.3) is 5.91 Å². The molecule has 2 heterocycles. The minimum Gasteiger partial charge on any atom is -0.350 e. The molecule has 0 bridgehead atoms. The lowest BCUT2D eigenvalue weighted by molar-refractivity contribution is 0.102. The zero-order valence-corrected chi connectivity index (χ0v) is 11.9. The normalized spacial score (nSPS) is 10.8. The Kier molecular flexibility index (Phi) is 3.22. The summed E-state index contributed by atoms with van der Waals surface area (Å²) in [4.78, 5) is 15.2. The lowest BCUT2D eigenvalue weighted by atomic mass is 10.3. The fourth-order valence-corrected chi connectivity index (χ4v) is 2.89. The molecule has 0 aliphatic carbocycles. The van der Waals surface area contributed by atoms with Crippen molar-refractivity contribution < 1.29 is 4.79 Å². The molecule has 0 aliphatic rings. The van der Waals surface area contributed by atoms with E-state index in [9.17, 15) is 4.79 Å². The summed E-state index contributed by atoms with van der Waals surface area (Å²) in [6.45, 7) is 0. The van der Waals surface area contributed by atoms with Crippen molar-refractivity contribution in [1.82, 2.24) is 4.98 Å². The van der Waals surface area contributed by atoms with Crippen LogP contribution < -0.4 is 5.32 Å². The summed E-state index contributed by atoms with van der Waals surface area (Å²) in [5.41, 5.74) is 1.95. The van der Waals surface area contributed by atoms with Crippen molar-refractivity contribution in [1.29, 1.82) is 0 Å². The summed E-state index contributed by atoms with van der Waals surface area (Å²) in [6.07, 6.45) is 0. The highest BCUT2D eigenvalue weighted by Gasteiger charge is 2.12. The summed E-state index contributed by atoms with van der Waals surface area (Å²) in [5.74, 6) is -0.243. The fourth-order valence-electron chi connectivity index (χ4n) is 1.76. The van der Waals surface area contributed by atoms with E-state index >= 15 is 0 Å². The van der Waals surface area contributed by atoms with Crippen LogP contribution in [0.1, 0.15) is 10.5 Å². The van der Waals surface area contributed by atoms with Gasteiger partial charge in [0.2, 0.25) is 0 Å². The van der Waals surface area contributed by atoms with Crippen molar-refractivity contribution in [2.75, 3.05) is 5.32 Å². The van der Waals surface area contributed by atoms with Crippen molar-refractivity contribution in [2.24, 2.45) is 0 Å². The zero-order valence-electron chi connectivity index (χ0n) is 9.54. The molecule has 3 nitrogen and oxygen atoms in total. The van der Waals surface area contributed by atoms with E-state index in [0.29, 0.717) is 21.4 Å². The highest BCUT2D eigenvalue weighted by Crippen LogP contribution is 2.30. The van der Waals surface area contributed by atoms with Gasteiger partial charge in [-0.25, -0.2) is 0 Å². The second-order valence-electron chi connectivity index (χ2n) is 3.94. The van der Waals surface area contributed by atoms with Gasteiger partial charge >= 0.3 is 0 Å². The van der Waals surface area contributed by atoms with Crippen LogP contribution in [0.2, 0.25) is 10.0 Å². The van der Waals surface area contributed by atoms with Crippen LogP contribution in [-0.2, 0) is 0 Å². The fraction of sp³-hybridized carbons (Fsp3) is 0. The molecule has 2 aromatic heterocycles. The Labute approximate surface area is 123 Å². The molecule has 3 rings (SSSR count). The van der Waals surface area contributed by atoms with Gasteiger partial charge in [-0.1, -0.05) is 29.3 Å². The van der Waals surface area contributed by atoms with E-state index in [1.165, 1.54) is 0 Å². The van der Waals surface area contributed by atoms with Crippen molar-refractivity contribution in [3.63, 3.8) is 0 Å². The van der Waals surface area contributed by atoms with Gasteiger partial charge in [-0.15, -0.1) is 11.3 Å². The number of rotatable bonds is 2. The van der Waals surface area contributed by atoms with Gasteiger partial charge in [-0.2, -0.15) is 0 Å². The number of amides is 1. The molecule has 1 amide bonds. The summed E-state index contributed by atoms with van der Waals surface area (Å²) < 4.78 is 1.04. The first-order valence-corrected chi connectivity index (χ1v) is 7.10. The number of anilines is 1. The van der Waals surface area contributed by atoms with Crippen LogP contribution in [0.3, 0.4) is 0 Å². The molecular weight excluding hydrogens is 303 g/mol. The first kappa shape index (κ1) is 12.5. The number of benzene rings is 1. The second kappa shape index (κ2) is 4.89. The number of halogens is 2. The first-order valence-electron chi connectivity index (χ1n) is 5.47. The summed E-state index contributed by atoms with van der Waals surface area (Å²) in [5, 5.41) is 5.45. The van der Waals surface area contributed by atoms with Gasteiger partial charge in [0, 0.05) is 0 Å². The highest BCUT2D eigenvalue weighted by atomic mass is 35.5. The molecule has 0 saturated heterocycles. The van der Waals surface area contributed by atoms with E-state index < -0.39 is 0 Å². The molecule has 19 heavy (non-hydrogen) atoms. The second-order valence-corrected chi connectivity index (χ2v) is 5.67. The third-order valence-electron chi connectivity index (χ3n) is 2.68. The molecule has 96 valence electrons. The number of hydrogen-bond donors (Lipinski definition) is 2. The molecule has 1 aromatic carbocycles. The minimum atomic E-state index is -0.243. The molecule has 0 spiro atoms. The van der Waals surface area contributed by atoms with E-state index in [4.69, 9.17) is 23.2 Å². The Balaban J connectivity index is 1.89. The Bertz CT molecular complexity index is 734. The number of carbonyl (C=O) groups excluding carboxylic acids is 1. The van der Waals surface area contributed by atoms with Gasteiger partial charge in [-0.05, 0) is 29.6 Å². The number of nitrogens with one attached hydrogen (secondary N) is 2. The Morgan fingerprint density at radius 2 is 2.11 bits per heavy atom. The maximum atomic E-state index is 12.1. The number of thiophene rings is 1. The van der Waals surface area contributed by atoms with E-state index in [0.717, 1.165) is 10.2 Å². The maximum Gasteiger partial charge on any atom is 0.272 e. The van der Waals surface area contributed by atoms with Gasteiger partial charge in [-0.3, -0.25) is 4.79 Å². The topological polar surface area (TPSA) is 44.9 Å². The third-order valence-corrected chi connectivity index (χ3v) is 4.37. The van der Waals surface area contributed by atoms with Crippen LogP contribution in [0.25, 0.3) is 10.2 Å². The van der Waals surface area contributed by atoms with Crippen LogP contribution in [0, 0.1) is 0 Å². The minimum absolute atomic E-state index is 0.243. The number of hydrogen-bond acceptors (Lipinski definition) is 2. The average Bonchev–Trinajstić information content (AvgIpc) is 2.95. The largest absolute Gasteiger partial charge is 0.350 e. The number of H-pyrrole nitrogens is 1. The van der Waals surface area contributed by atoms with Gasteiger partial charge < -0.3 is 10.3 Å². The lowest BCUT2D eigenvalue weighted by Gasteiger charge is -2.06. The third kappa shape index (κ3) is 2.34. The SMILES string of the molecule is O=C(Nc1cccc(Cl)c1Cl)c1cc2sccc2[nH]1. The van der Waals surface area contributed by atoms with Gasteiger partial charge in [0.1, 0.15) is 5.69 Å².